The fraction of sp³-hybridized carbons (Fsp3) is 0.286. The summed E-state index contributed by atoms with van der Waals surface area (Å²) in [4.78, 5) is 14.7. The molecule has 0 radical (unpaired) electrons. The van der Waals surface area contributed by atoms with Crippen molar-refractivity contribution < 1.29 is 4.79 Å². The van der Waals surface area contributed by atoms with Crippen molar-refractivity contribution in [3.05, 3.63) is 142 Å². The number of rotatable bonds is 4. The molecule has 3 heteroatoms. The molecule has 0 amide bonds. The number of ketones is 1. The molecule has 2 aliphatic heterocycles. The number of benzene rings is 4. The number of piperidine rings is 2. The van der Waals surface area contributed by atoms with Crippen molar-refractivity contribution in [2.24, 2.45) is 11.8 Å². The zero-order chi connectivity index (χ0) is 26.4. The predicted octanol–water partition coefficient (Wildman–Crippen LogP) is 7.19. The minimum Gasteiger partial charge on any atom is -0.302 e. The van der Waals surface area contributed by atoms with Gasteiger partial charge in [0, 0.05) is 24.2 Å². The van der Waals surface area contributed by atoms with Crippen LogP contribution in [0.5, 0.6) is 0 Å². The molecule has 0 aliphatic carbocycles. The average molecular weight is 501 g/mol. The van der Waals surface area contributed by atoms with E-state index in [9.17, 15) is 4.79 Å². The first kappa shape index (κ1) is 24.8. The molecule has 38 heavy (non-hydrogen) atoms. The molecule has 192 valence electrons. The summed E-state index contributed by atoms with van der Waals surface area (Å²) in [7, 11) is 0. The summed E-state index contributed by atoms with van der Waals surface area (Å²) in [6.07, 6.45) is 0. The molecule has 0 aromatic heterocycles. The summed E-state index contributed by atoms with van der Waals surface area (Å²) in [6, 6.07) is 34.3. The molecule has 4 aromatic rings. The van der Waals surface area contributed by atoms with Crippen molar-refractivity contribution in [3.63, 3.8) is 0 Å². The van der Waals surface area contributed by atoms with Gasteiger partial charge in [-0.1, -0.05) is 119 Å². The van der Waals surface area contributed by atoms with Crippen LogP contribution in [0.2, 0.25) is 0 Å². The van der Waals surface area contributed by atoms with E-state index in [4.69, 9.17) is 0 Å². The standard InChI is InChI=1S/C35H36N2O/c1-21-5-13-25(14-6-21)31-29-32(26-15-7-22(2)8-16-26)37-34(28-19-11-24(4)12-20-28)30(35(29)38)33(36-31)27-17-9-23(3)10-18-27/h5-20,29-34,36-37H,1-4H3. The number of fused-ring (bicyclic) bond motifs is 2. The number of hydrogen-bond acceptors (Lipinski definition) is 3. The first-order valence-corrected chi connectivity index (χ1v) is 13.7. The van der Waals surface area contributed by atoms with Gasteiger partial charge in [-0.3, -0.25) is 4.79 Å². The van der Waals surface area contributed by atoms with Gasteiger partial charge in [0.2, 0.25) is 0 Å². The van der Waals surface area contributed by atoms with Crippen molar-refractivity contribution in [2.75, 3.05) is 0 Å². The molecule has 4 unspecified atom stereocenters. The van der Waals surface area contributed by atoms with Gasteiger partial charge < -0.3 is 10.6 Å². The van der Waals surface area contributed by atoms with Crippen molar-refractivity contribution in [1.82, 2.24) is 10.6 Å². The maximum Gasteiger partial charge on any atom is 0.146 e. The second-order valence-corrected chi connectivity index (χ2v) is 11.3. The highest BCUT2D eigenvalue weighted by Gasteiger charge is 2.55. The summed E-state index contributed by atoms with van der Waals surface area (Å²) >= 11 is 0. The number of aryl methyl sites for hydroxylation is 4. The third-order valence-corrected chi connectivity index (χ3v) is 8.56. The third kappa shape index (κ3) is 4.51. The molecular weight excluding hydrogens is 464 g/mol. The summed E-state index contributed by atoms with van der Waals surface area (Å²) in [5, 5.41) is 8.04. The van der Waals surface area contributed by atoms with Crippen LogP contribution in [0.4, 0.5) is 0 Å². The van der Waals surface area contributed by atoms with Gasteiger partial charge in [0.25, 0.3) is 0 Å². The summed E-state index contributed by atoms with van der Waals surface area (Å²) in [5.41, 5.74) is 9.55. The second-order valence-electron chi connectivity index (χ2n) is 11.3. The SMILES string of the molecule is Cc1ccc(C2NC(c3ccc(C)cc3)C3C(=O)C2C(c2ccc(C)cc2)NC3c2ccc(C)cc2)cc1. The van der Waals surface area contributed by atoms with Gasteiger partial charge in [0.15, 0.2) is 0 Å². The normalized spacial score (nSPS) is 26.8. The zero-order valence-corrected chi connectivity index (χ0v) is 22.6. The second kappa shape index (κ2) is 9.98. The van der Waals surface area contributed by atoms with Crippen molar-refractivity contribution in [3.8, 4) is 0 Å². The van der Waals surface area contributed by atoms with Crippen LogP contribution in [0.25, 0.3) is 0 Å². The molecule has 2 saturated heterocycles. The first-order valence-electron chi connectivity index (χ1n) is 13.7. The van der Waals surface area contributed by atoms with Crippen molar-refractivity contribution >= 4 is 5.78 Å². The number of nitrogens with one attached hydrogen (secondary N) is 2. The van der Waals surface area contributed by atoms with E-state index in [1.165, 1.54) is 22.3 Å². The molecule has 6 rings (SSSR count). The van der Waals surface area contributed by atoms with E-state index in [-0.39, 0.29) is 36.0 Å². The largest absolute Gasteiger partial charge is 0.302 e. The van der Waals surface area contributed by atoms with E-state index in [0.717, 1.165) is 22.3 Å². The van der Waals surface area contributed by atoms with Crippen LogP contribution in [0.1, 0.15) is 68.7 Å². The molecule has 2 bridgehead atoms. The van der Waals surface area contributed by atoms with Gasteiger partial charge in [0.1, 0.15) is 5.78 Å². The molecule has 3 nitrogen and oxygen atoms in total. The van der Waals surface area contributed by atoms with Gasteiger partial charge in [-0.25, -0.2) is 0 Å². The Labute approximate surface area is 226 Å². The molecule has 2 aliphatic rings. The molecule has 2 N–H and O–H groups in total. The predicted molar refractivity (Wildman–Crippen MR) is 154 cm³/mol. The van der Waals surface area contributed by atoms with Crippen LogP contribution in [-0.2, 0) is 4.79 Å². The molecular formula is C35H36N2O. The molecule has 2 heterocycles. The van der Waals surface area contributed by atoms with Crippen molar-refractivity contribution in [2.45, 2.75) is 51.9 Å². The lowest BCUT2D eigenvalue weighted by molar-refractivity contribution is -0.139. The van der Waals surface area contributed by atoms with Crippen LogP contribution in [0, 0.1) is 39.5 Å². The van der Waals surface area contributed by atoms with Crippen molar-refractivity contribution in [1.29, 1.82) is 0 Å². The summed E-state index contributed by atoms with van der Waals surface area (Å²) < 4.78 is 0. The summed E-state index contributed by atoms with van der Waals surface area (Å²) in [6.45, 7) is 8.44. The maximum absolute atomic E-state index is 14.7. The number of Topliss-reactive ketones (excluding diaryl/α,β-unsaturated/α-hetero) is 1. The van der Waals surface area contributed by atoms with E-state index in [1.54, 1.807) is 0 Å². The van der Waals surface area contributed by atoms with Gasteiger partial charge in [-0.05, 0) is 49.9 Å². The average Bonchev–Trinajstić information content (AvgIpc) is 2.91. The van der Waals surface area contributed by atoms with Gasteiger partial charge in [-0.15, -0.1) is 0 Å². The first-order chi connectivity index (χ1) is 18.4. The Bertz CT molecular complexity index is 1210. The van der Waals surface area contributed by atoms with E-state index in [1.807, 2.05) is 0 Å². The van der Waals surface area contributed by atoms with Crippen LogP contribution in [0.15, 0.2) is 97.1 Å². The maximum atomic E-state index is 14.7. The molecule has 0 saturated carbocycles. The Morgan fingerprint density at radius 2 is 0.605 bits per heavy atom. The van der Waals surface area contributed by atoms with Gasteiger partial charge in [0.05, 0.1) is 11.8 Å². The third-order valence-electron chi connectivity index (χ3n) is 8.56. The molecule has 0 spiro atoms. The quantitative estimate of drug-likeness (QED) is 0.311. The monoisotopic (exact) mass is 500 g/mol. The fourth-order valence-corrected chi connectivity index (χ4v) is 6.38. The lowest BCUT2D eigenvalue weighted by Crippen LogP contribution is -2.60. The Morgan fingerprint density at radius 1 is 0.395 bits per heavy atom. The van der Waals surface area contributed by atoms with E-state index in [0.29, 0.717) is 5.78 Å². The van der Waals surface area contributed by atoms with Crippen LogP contribution < -0.4 is 10.6 Å². The van der Waals surface area contributed by atoms with E-state index >= 15 is 0 Å². The number of hydrogen-bond donors (Lipinski definition) is 2. The molecule has 2 fully saturated rings. The van der Waals surface area contributed by atoms with Crippen LogP contribution >= 0.6 is 0 Å². The zero-order valence-electron chi connectivity index (χ0n) is 22.6. The smallest absolute Gasteiger partial charge is 0.146 e. The topological polar surface area (TPSA) is 41.1 Å². The lowest BCUT2D eigenvalue weighted by atomic mass is 9.64. The highest BCUT2D eigenvalue weighted by molar-refractivity contribution is 5.89. The Hall–Kier alpha value is -3.53. The lowest BCUT2D eigenvalue weighted by Gasteiger charge is -2.52. The Morgan fingerprint density at radius 3 is 0.816 bits per heavy atom. The highest BCUT2D eigenvalue weighted by Crippen LogP contribution is 2.52. The Balaban J connectivity index is 1.51. The van der Waals surface area contributed by atoms with E-state index in [2.05, 4.69) is 135 Å². The number of carbonyl (C=O) groups excluding carboxylic acids is 1. The Kier molecular flexibility index (Phi) is 6.51. The fourth-order valence-electron chi connectivity index (χ4n) is 6.38. The van der Waals surface area contributed by atoms with E-state index < -0.39 is 0 Å². The minimum absolute atomic E-state index is 0.0941. The van der Waals surface area contributed by atoms with Crippen LogP contribution in [-0.4, -0.2) is 5.78 Å². The minimum atomic E-state index is -0.214. The van der Waals surface area contributed by atoms with Gasteiger partial charge >= 0.3 is 0 Å². The van der Waals surface area contributed by atoms with Crippen LogP contribution in [0.3, 0.4) is 0 Å². The van der Waals surface area contributed by atoms with Gasteiger partial charge in [-0.2, -0.15) is 0 Å². The number of carbonyl (C=O) groups is 1. The molecule has 4 aromatic carbocycles. The summed E-state index contributed by atoms with van der Waals surface area (Å²) in [5.74, 6) is -0.0857. The molecule has 4 atom stereocenters. The highest BCUT2D eigenvalue weighted by atomic mass is 16.1.